The Bertz CT molecular complexity index is 999. The Morgan fingerprint density at radius 2 is 1.69 bits per heavy atom. The van der Waals surface area contributed by atoms with Crippen molar-refractivity contribution in [2.45, 2.75) is 44.6 Å². The van der Waals surface area contributed by atoms with Gasteiger partial charge in [-0.25, -0.2) is 12.8 Å². The van der Waals surface area contributed by atoms with Gasteiger partial charge in [-0.1, -0.05) is 26.0 Å². The molecule has 0 aromatic heterocycles. The summed E-state index contributed by atoms with van der Waals surface area (Å²) in [6.07, 6.45) is 0.909. The topological polar surface area (TPSA) is 75.7 Å². The molecule has 1 aliphatic heterocycles. The Kier molecular flexibility index (Phi) is 7.90. The second-order valence-corrected chi connectivity index (χ2v) is 10.3. The summed E-state index contributed by atoms with van der Waals surface area (Å²) in [5.41, 5.74) is 0.852. The summed E-state index contributed by atoms with van der Waals surface area (Å²) < 4.78 is 46.0. The standard InChI is InChI=1S/C24H31FN2O4S/c1-4-31-21-9-11-22(12-10-21)32(29,30)27-15-13-19(14-16-27)24(28)26-23(17(2)3)18-5-7-20(25)8-6-18/h5-12,17,19,23H,4,13-16H2,1-3H3,(H,26,28). The lowest BCUT2D eigenvalue weighted by Crippen LogP contribution is -2.44. The number of halogens is 1. The summed E-state index contributed by atoms with van der Waals surface area (Å²) in [6, 6.07) is 12.3. The van der Waals surface area contributed by atoms with Gasteiger partial charge in [-0.2, -0.15) is 4.31 Å². The van der Waals surface area contributed by atoms with Crippen molar-refractivity contribution >= 4 is 15.9 Å². The summed E-state index contributed by atoms with van der Waals surface area (Å²) in [7, 11) is -3.62. The molecule has 0 saturated carbocycles. The van der Waals surface area contributed by atoms with E-state index in [0.717, 1.165) is 5.56 Å². The van der Waals surface area contributed by atoms with E-state index in [0.29, 0.717) is 25.2 Å². The molecule has 3 rings (SSSR count). The lowest BCUT2D eigenvalue weighted by atomic mass is 9.92. The summed E-state index contributed by atoms with van der Waals surface area (Å²) in [6.45, 7) is 6.96. The predicted molar refractivity (Wildman–Crippen MR) is 121 cm³/mol. The molecule has 1 atom stereocenters. The zero-order valence-corrected chi connectivity index (χ0v) is 19.6. The van der Waals surface area contributed by atoms with Gasteiger partial charge in [-0.15, -0.1) is 0 Å². The van der Waals surface area contributed by atoms with Gasteiger partial charge in [0.1, 0.15) is 11.6 Å². The molecule has 8 heteroatoms. The maximum atomic E-state index is 13.3. The number of benzene rings is 2. The van der Waals surface area contributed by atoms with Crippen molar-refractivity contribution in [1.82, 2.24) is 9.62 Å². The molecule has 0 spiro atoms. The van der Waals surface area contributed by atoms with Gasteiger partial charge in [-0.3, -0.25) is 4.79 Å². The third-order valence-corrected chi connectivity index (χ3v) is 7.70. The van der Waals surface area contributed by atoms with E-state index >= 15 is 0 Å². The molecular weight excluding hydrogens is 431 g/mol. The van der Waals surface area contributed by atoms with Crippen LogP contribution in [0.15, 0.2) is 53.4 Å². The number of hydrogen-bond donors (Lipinski definition) is 1. The SMILES string of the molecule is CCOc1ccc(S(=O)(=O)N2CCC(C(=O)NC(c3ccc(F)cc3)C(C)C)CC2)cc1. The van der Waals surface area contributed by atoms with E-state index < -0.39 is 10.0 Å². The zero-order chi connectivity index (χ0) is 23.3. The molecular formula is C24H31FN2O4S. The average Bonchev–Trinajstić information content (AvgIpc) is 2.78. The number of piperidine rings is 1. The molecule has 1 amide bonds. The van der Waals surface area contributed by atoms with Crippen molar-refractivity contribution in [3.63, 3.8) is 0 Å². The van der Waals surface area contributed by atoms with Crippen LogP contribution < -0.4 is 10.1 Å². The molecule has 1 saturated heterocycles. The van der Waals surface area contributed by atoms with E-state index in [4.69, 9.17) is 4.74 Å². The third-order valence-electron chi connectivity index (χ3n) is 5.79. The van der Waals surface area contributed by atoms with Crippen molar-refractivity contribution in [2.75, 3.05) is 19.7 Å². The minimum Gasteiger partial charge on any atom is -0.494 e. The number of amides is 1. The van der Waals surface area contributed by atoms with Crippen LogP contribution in [0.1, 0.15) is 45.2 Å². The minimum atomic E-state index is -3.62. The van der Waals surface area contributed by atoms with Gasteiger partial charge < -0.3 is 10.1 Å². The molecule has 174 valence electrons. The Morgan fingerprint density at radius 3 is 2.22 bits per heavy atom. The normalized spacial score (nSPS) is 16.7. The number of carbonyl (C=O) groups excluding carboxylic acids is 1. The highest BCUT2D eigenvalue weighted by Crippen LogP contribution is 2.27. The first kappa shape index (κ1) is 24.2. The van der Waals surface area contributed by atoms with Crippen molar-refractivity contribution in [2.24, 2.45) is 11.8 Å². The summed E-state index contributed by atoms with van der Waals surface area (Å²) in [4.78, 5) is 13.1. The molecule has 0 bridgehead atoms. The van der Waals surface area contributed by atoms with Crippen molar-refractivity contribution in [1.29, 1.82) is 0 Å². The Balaban J connectivity index is 1.61. The number of nitrogens with one attached hydrogen (secondary N) is 1. The molecule has 2 aromatic carbocycles. The average molecular weight is 463 g/mol. The van der Waals surface area contributed by atoms with Gasteiger partial charge >= 0.3 is 0 Å². The lowest BCUT2D eigenvalue weighted by molar-refractivity contribution is -0.127. The fourth-order valence-electron chi connectivity index (χ4n) is 3.96. The summed E-state index contributed by atoms with van der Waals surface area (Å²) in [5.74, 6) is 0.0885. The molecule has 1 fully saturated rings. The summed E-state index contributed by atoms with van der Waals surface area (Å²) in [5, 5.41) is 3.08. The number of nitrogens with zero attached hydrogens (tertiary/aromatic N) is 1. The molecule has 1 unspecified atom stereocenters. The quantitative estimate of drug-likeness (QED) is 0.640. The lowest BCUT2D eigenvalue weighted by Gasteiger charge is -2.32. The van der Waals surface area contributed by atoms with Crippen LogP contribution in [-0.2, 0) is 14.8 Å². The van der Waals surface area contributed by atoms with Crippen LogP contribution in [-0.4, -0.2) is 38.3 Å². The molecule has 0 radical (unpaired) electrons. The molecule has 32 heavy (non-hydrogen) atoms. The Morgan fingerprint density at radius 1 is 1.09 bits per heavy atom. The van der Waals surface area contributed by atoms with Crippen LogP contribution in [0, 0.1) is 17.7 Å². The van der Waals surface area contributed by atoms with Crippen LogP contribution in [0.3, 0.4) is 0 Å². The largest absolute Gasteiger partial charge is 0.494 e. The van der Waals surface area contributed by atoms with Crippen LogP contribution in [0.4, 0.5) is 4.39 Å². The van der Waals surface area contributed by atoms with E-state index in [2.05, 4.69) is 5.32 Å². The Hall–Kier alpha value is -2.45. The van der Waals surface area contributed by atoms with Crippen molar-refractivity contribution in [3.8, 4) is 5.75 Å². The number of ether oxygens (including phenoxy) is 1. The second kappa shape index (κ2) is 10.4. The fraction of sp³-hybridized carbons (Fsp3) is 0.458. The fourth-order valence-corrected chi connectivity index (χ4v) is 5.43. The molecule has 1 N–H and O–H groups in total. The third kappa shape index (κ3) is 5.66. The van der Waals surface area contributed by atoms with Crippen LogP contribution >= 0.6 is 0 Å². The van der Waals surface area contributed by atoms with Gasteiger partial charge in [0.05, 0.1) is 17.5 Å². The molecule has 6 nitrogen and oxygen atoms in total. The first-order valence-electron chi connectivity index (χ1n) is 11.0. The highest BCUT2D eigenvalue weighted by atomic mass is 32.2. The van der Waals surface area contributed by atoms with Gasteiger partial charge in [0.2, 0.25) is 15.9 Å². The zero-order valence-electron chi connectivity index (χ0n) is 18.8. The molecule has 2 aromatic rings. The van der Waals surface area contributed by atoms with E-state index in [1.54, 1.807) is 36.4 Å². The van der Waals surface area contributed by atoms with E-state index in [1.807, 2.05) is 20.8 Å². The van der Waals surface area contributed by atoms with Crippen molar-refractivity contribution in [3.05, 3.63) is 59.9 Å². The highest BCUT2D eigenvalue weighted by Gasteiger charge is 2.33. The number of rotatable bonds is 8. The van der Waals surface area contributed by atoms with Crippen molar-refractivity contribution < 1.29 is 22.3 Å². The number of hydrogen-bond acceptors (Lipinski definition) is 4. The first-order chi connectivity index (χ1) is 15.2. The maximum absolute atomic E-state index is 13.3. The smallest absolute Gasteiger partial charge is 0.243 e. The first-order valence-corrected chi connectivity index (χ1v) is 12.4. The molecule has 1 aliphatic rings. The van der Waals surface area contributed by atoms with Gasteiger partial charge in [-0.05, 0) is 67.6 Å². The van der Waals surface area contributed by atoms with Crippen LogP contribution in [0.25, 0.3) is 0 Å². The summed E-state index contributed by atoms with van der Waals surface area (Å²) >= 11 is 0. The van der Waals surface area contributed by atoms with E-state index in [9.17, 15) is 17.6 Å². The monoisotopic (exact) mass is 462 g/mol. The number of sulfonamides is 1. The molecule has 0 aliphatic carbocycles. The Labute approximate surface area is 189 Å². The van der Waals surface area contributed by atoms with Crippen LogP contribution in [0.2, 0.25) is 0 Å². The van der Waals surface area contributed by atoms with Gasteiger partial charge in [0.15, 0.2) is 0 Å². The highest BCUT2D eigenvalue weighted by molar-refractivity contribution is 7.89. The molecule has 1 heterocycles. The van der Waals surface area contributed by atoms with E-state index in [-0.39, 0.29) is 47.6 Å². The van der Waals surface area contributed by atoms with Crippen LogP contribution in [0.5, 0.6) is 5.75 Å². The van der Waals surface area contributed by atoms with E-state index in [1.165, 1.54) is 16.4 Å². The minimum absolute atomic E-state index is 0.0915. The number of carbonyl (C=O) groups is 1. The van der Waals surface area contributed by atoms with Gasteiger partial charge in [0.25, 0.3) is 0 Å². The predicted octanol–water partition coefficient (Wildman–Crippen LogP) is 4.14. The second-order valence-electron chi connectivity index (χ2n) is 8.36. The van der Waals surface area contributed by atoms with Gasteiger partial charge in [0, 0.05) is 19.0 Å². The maximum Gasteiger partial charge on any atom is 0.243 e.